The number of para-hydroxylation sites is 1. The van der Waals surface area contributed by atoms with Crippen molar-refractivity contribution in [3.8, 4) is 5.69 Å². The van der Waals surface area contributed by atoms with E-state index in [-0.39, 0.29) is 6.42 Å². The molecule has 0 aliphatic heterocycles. The van der Waals surface area contributed by atoms with Crippen molar-refractivity contribution >= 4 is 12.0 Å². The minimum Gasteiger partial charge on any atom is -0.481 e. The van der Waals surface area contributed by atoms with Gasteiger partial charge in [-0.3, -0.25) is 4.79 Å². The Bertz CT molecular complexity index is 717. The van der Waals surface area contributed by atoms with E-state index < -0.39 is 5.97 Å². The summed E-state index contributed by atoms with van der Waals surface area (Å²) >= 11 is 0. The first-order valence-electron chi connectivity index (χ1n) is 8.80. The van der Waals surface area contributed by atoms with Crippen LogP contribution in [0.15, 0.2) is 36.4 Å². The lowest BCUT2D eigenvalue weighted by Crippen LogP contribution is -2.00. The molecule has 3 rings (SSSR count). The summed E-state index contributed by atoms with van der Waals surface area (Å²) in [4.78, 5) is 10.5. The average Bonchev–Trinajstić information content (AvgIpc) is 3.18. The molecule has 0 bridgehead atoms. The number of aromatic nitrogens is 2. The number of unbranched alkanes of at least 4 members (excludes halogenated alkanes) is 3. The molecular weight excluding hydrogens is 300 g/mol. The molecule has 1 aromatic heterocycles. The Labute approximate surface area is 142 Å². The first-order chi connectivity index (χ1) is 11.8. The van der Waals surface area contributed by atoms with E-state index in [0.717, 1.165) is 49.9 Å². The van der Waals surface area contributed by atoms with Crippen molar-refractivity contribution in [2.75, 3.05) is 0 Å². The Balaban J connectivity index is 1.62. The van der Waals surface area contributed by atoms with Gasteiger partial charge in [-0.15, -0.1) is 0 Å². The molecule has 1 aliphatic carbocycles. The molecule has 2 aromatic rings. The van der Waals surface area contributed by atoms with Crippen LogP contribution < -0.4 is 0 Å². The molecule has 126 valence electrons. The van der Waals surface area contributed by atoms with Gasteiger partial charge in [-0.25, -0.2) is 4.68 Å². The van der Waals surface area contributed by atoms with E-state index in [1.807, 2.05) is 18.2 Å². The molecular formula is C20H24N2O2. The summed E-state index contributed by atoms with van der Waals surface area (Å²) in [5.74, 6) is -0.701. The molecule has 24 heavy (non-hydrogen) atoms. The summed E-state index contributed by atoms with van der Waals surface area (Å²) in [6.07, 6.45) is 11.7. The minimum atomic E-state index is -0.701. The number of hydrogen-bond acceptors (Lipinski definition) is 2. The molecule has 0 spiro atoms. The fourth-order valence-corrected chi connectivity index (χ4v) is 3.29. The highest BCUT2D eigenvalue weighted by Gasteiger charge is 2.21. The van der Waals surface area contributed by atoms with Crippen LogP contribution in [-0.4, -0.2) is 20.9 Å². The van der Waals surface area contributed by atoms with E-state index in [2.05, 4.69) is 29.0 Å². The molecule has 0 radical (unpaired) electrons. The van der Waals surface area contributed by atoms with Gasteiger partial charge in [0, 0.05) is 17.7 Å². The van der Waals surface area contributed by atoms with Crippen LogP contribution in [0.1, 0.15) is 55.5 Å². The zero-order valence-electron chi connectivity index (χ0n) is 13.9. The van der Waals surface area contributed by atoms with Gasteiger partial charge in [0.1, 0.15) is 0 Å². The first-order valence-corrected chi connectivity index (χ1v) is 8.80. The Morgan fingerprint density at radius 2 is 2.00 bits per heavy atom. The highest BCUT2D eigenvalue weighted by molar-refractivity contribution is 5.66. The van der Waals surface area contributed by atoms with Crippen molar-refractivity contribution < 1.29 is 9.90 Å². The van der Waals surface area contributed by atoms with Gasteiger partial charge in [0.15, 0.2) is 0 Å². The molecule has 0 fully saturated rings. The molecule has 4 heteroatoms. The van der Waals surface area contributed by atoms with Gasteiger partial charge in [0.05, 0.1) is 11.4 Å². The molecule has 1 aliphatic rings. The maximum absolute atomic E-state index is 10.5. The van der Waals surface area contributed by atoms with Gasteiger partial charge in [0.2, 0.25) is 0 Å². The van der Waals surface area contributed by atoms with Gasteiger partial charge < -0.3 is 5.11 Å². The quantitative estimate of drug-likeness (QED) is 0.732. The standard InChI is InChI=1S/C20H24N2O2/c23-20(24)15-8-3-1-2-7-13-18-17-12-9-14-19(17)22(21-18)16-10-5-4-6-11-16/h4-7,10-11,13H,1-3,8-9,12,14-15H2,(H,23,24)/b13-7+. The predicted octanol–water partition coefficient (Wildman–Crippen LogP) is 4.41. The number of allylic oxidation sites excluding steroid dienone is 1. The fourth-order valence-electron chi connectivity index (χ4n) is 3.29. The monoisotopic (exact) mass is 324 g/mol. The second-order valence-electron chi connectivity index (χ2n) is 6.31. The van der Waals surface area contributed by atoms with E-state index >= 15 is 0 Å². The van der Waals surface area contributed by atoms with Crippen molar-refractivity contribution in [1.82, 2.24) is 9.78 Å². The maximum Gasteiger partial charge on any atom is 0.303 e. The van der Waals surface area contributed by atoms with Crippen molar-refractivity contribution in [2.45, 2.75) is 51.4 Å². The number of carboxylic acids is 1. The Hall–Kier alpha value is -2.36. The lowest BCUT2D eigenvalue weighted by atomic mass is 10.1. The van der Waals surface area contributed by atoms with Crippen LogP contribution in [0.5, 0.6) is 0 Å². The third kappa shape index (κ3) is 3.94. The molecule has 0 amide bonds. The summed E-state index contributed by atoms with van der Waals surface area (Å²) < 4.78 is 2.09. The summed E-state index contributed by atoms with van der Waals surface area (Å²) in [5.41, 5.74) is 4.96. The first kappa shape index (κ1) is 16.5. The van der Waals surface area contributed by atoms with Crippen LogP contribution >= 0.6 is 0 Å². The molecule has 1 heterocycles. The molecule has 0 atom stereocenters. The summed E-state index contributed by atoms with van der Waals surface area (Å²) in [6, 6.07) is 10.3. The van der Waals surface area contributed by atoms with Crippen LogP contribution in [0.25, 0.3) is 11.8 Å². The van der Waals surface area contributed by atoms with Crippen LogP contribution in [0.4, 0.5) is 0 Å². The molecule has 1 N–H and O–H groups in total. The van der Waals surface area contributed by atoms with Gasteiger partial charge in [-0.05, 0) is 56.7 Å². The number of benzene rings is 1. The number of fused-ring (bicyclic) bond motifs is 1. The van der Waals surface area contributed by atoms with E-state index in [1.54, 1.807) is 0 Å². The van der Waals surface area contributed by atoms with Crippen molar-refractivity contribution in [2.24, 2.45) is 0 Å². The lowest BCUT2D eigenvalue weighted by molar-refractivity contribution is -0.137. The van der Waals surface area contributed by atoms with E-state index in [0.29, 0.717) is 0 Å². The Kier molecular flexibility index (Phi) is 5.47. The zero-order chi connectivity index (χ0) is 16.8. The van der Waals surface area contributed by atoms with Crippen LogP contribution in [0, 0.1) is 0 Å². The average molecular weight is 324 g/mol. The van der Waals surface area contributed by atoms with Crippen molar-refractivity contribution in [3.05, 3.63) is 53.4 Å². The third-order valence-electron chi connectivity index (χ3n) is 4.50. The second-order valence-corrected chi connectivity index (χ2v) is 6.31. The Morgan fingerprint density at radius 1 is 1.17 bits per heavy atom. The zero-order valence-corrected chi connectivity index (χ0v) is 13.9. The highest BCUT2D eigenvalue weighted by Crippen LogP contribution is 2.28. The van der Waals surface area contributed by atoms with E-state index in [4.69, 9.17) is 10.2 Å². The largest absolute Gasteiger partial charge is 0.481 e. The van der Waals surface area contributed by atoms with Gasteiger partial charge >= 0.3 is 5.97 Å². The highest BCUT2D eigenvalue weighted by atomic mass is 16.4. The van der Waals surface area contributed by atoms with Gasteiger partial charge in [0.25, 0.3) is 0 Å². The number of aliphatic carboxylic acids is 1. The van der Waals surface area contributed by atoms with Crippen molar-refractivity contribution in [1.29, 1.82) is 0 Å². The Morgan fingerprint density at radius 3 is 2.79 bits per heavy atom. The van der Waals surface area contributed by atoms with E-state index in [9.17, 15) is 4.79 Å². The second kappa shape index (κ2) is 7.95. The molecule has 4 nitrogen and oxygen atoms in total. The number of carboxylic acid groups (broad SMARTS) is 1. The maximum atomic E-state index is 10.5. The van der Waals surface area contributed by atoms with Gasteiger partial charge in [-0.1, -0.05) is 30.7 Å². The van der Waals surface area contributed by atoms with Crippen molar-refractivity contribution in [3.63, 3.8) is 0 Å². The smallest absolute Gasteiger partial charge is 0.303 e. The SMILES string of the molecule is O=C(O)CCCCC/C=C/c1nn(-c2ccccc2)c2c1CCC2. The molecule has 0 saturated heterocycles. The number of carbonyl (C=O) groups is 1. The summed E-state index contributed by atoms with van der Waals surface area (Å²) in [5, 5.41) is 13.4. The number of nitrogens with zero attached hydrogens (tertiary/aromatic N) is 2. The summed E-state index contributed by atoms with van der Waals surface area (Å²) in [7, 11) is 0. The minimum absolute atomic E-state index is 0.276. The van der Waals surface area contributed by atoms with Crippen LogP contribution in [0.2, 0.25) is 0 Å². The van der Waals surface area contributed by atoms with E-state index in [1.165, 1.54) is 17.7 Å². The van der Waals surface area contributed by atoms with Gasteiger partial charge in [-0.2, -0.15) is 5.10 Å². The molecule has 0 unspecified atom stereocenters. The normalized spacial score (nSPS) is 13.5. The molecule has 0 saturated carbocycles. The van der Waals surface area contributed by atoms with Crippen LogP contribution in [-0.2, 0) is 17.6 Å². The fraction of sp³-hybridized carbons (Fsp3) is 0.400. The number of hydrogen-bond donors (Lipinski definition) is 1. The molecule has 1 aromatic carbocycles. The third-order valence-corrected chi connectivity index (χ3v) is 4.50. The summed E-state index contributed by atoms with van der Waals surface area (Å²) in [6.45, 7) is 0. The topological polar surface area (TPSA) is 55.1 Å². The predicted molar refractivity (Wildman–Crippen MR) is 95.3 cm³/mol. The van der Waals surface area contributed by atoms with Crippen LogP contribution in [0.3, 0.4) is 0 Å². The number of rotatable bonds is 8. The lowest BCUT2D eigenvalue weighted by Gasteiger charge is -2.04.